The van der Waals surface area contributed by atoms with E-state index in [1.165, 1.54) is 0 Å². The molecule has 24 heavy (non-hydrogen) atoms. The van der Waals surface area contributed by atoms with Crippen molar-refractivity contribution in [2.75, 3.05) is 52.4 Å². The lowest BCUT2D eigenvalue weighted by Crippen LogP contribution is -2.49. The van der Waals surface area contributed by atoms with E-state index in [9.17, 15) is 14.4 Å². The van der Waals surface area contributed by atoms with E-state index in [0.29, 0.717) is 45.7 Å². The molecule has 1 unspecified atom stereocenters. The Bertz CT molecular complexity index is 418. The number of carboxylic acid groups (broad SMARTS) is 2. The zero-order valence-electron chi connectivity index (χ0n) is 14.2. The van der Waals surface area contributed by atoms with E-state index in [4.69, 9.17) is 15.9 Å². The Kier molecular flexibility index (Phi) is 8.66. The molecule has 1 atom stereocenters. The van der Waals surface area contributed by atoms with Gasteiger partial charge in [-0.25, -0.2) is 0 Å². The van der Waals surface area contributed by atoms with Crippen molar-refractivity contribution in [3.8, 4) is 0 Å². The molecule has 1 saturated heterocycles. The molecule has 9 heteroatoms. The molecule has 1 heterocycles. The molecule has 0 saturated carbocycles. The van der Waals surface area contributed by atoms with Crippen LogP contribution in [0.5, 0.6) is 0 Å². The fourth-order valence-corrected chi connectivity index (χ4v) is 2.95. The Morgan fingerprint density at radius 1 is 0.917 bits per heavy atom. The first-order valence-corrected chi connectivity index (χ1v) is 8.25. The molecule has 0 spiro atoms. The number of hydrogen-bond acceptors (Lipinski definition) is 6. The Hall–Kier alpha value is -1.71. The summed E-state index contributed by atoms with van der Waals surface area (Å²) in [5.74, 6) is -2.25. The van der Waals surface area contributed by atoms with E-state index in [-0.39, 0.29) is 13.1 Å². The Morgan fingerprint density at radius 2 is 1.33 bits per heavy atom. The molecule has 1 amide bonds. The van der Waals surface area contributed by atoms with Crippen LogP contribution in [0.1, 0.15) is 19.8 Å². The van der Waals surface area contributed by atoms with Gasteiger partial charge in [0.1, 0.15) is 0 Å². The summed E-state index contributed by atoms with van der Waals surface area (Å²) in [4.78, 5) is 39.2. The molecule has 1 aliphatic heterocycles. The summed E-state index contributed by atoms with van der Waals surface area (Å²) in [5, 5.41) is 18.0. The van der Waals surface area contributed by atoms with Gasteiger partial charge in [0.25, 0.3) is 0 Å². The second-order valence-corrected chi connectivity index (χ2v) is 6.08. The highest BCUT2D eigenvalue weighted by Gasteiger charge is 2.26. The van der Waals surface area contributed by atoms with Gasteiger partial charge in [0, 0.05) is 39.3 Å². The Balaban J connectivity index is 2.86. The summed E-state index contributed by atoms with van der Waals surface area (Å²) in [6.07, 6.45) is 1.44. The second kappa shape index (κ2) is 10.2. The zero-order chi connectivity index (χ0) is 18.1. The van der Waals surface area contributed by atoms with Crippen LogP contribution in [0.15, 0.2) is 0 Å². The first kappa shape index (κ1) is 20.3. The number of nitrogens with two attached hydrogens (primary N) is 1. The van der Waals surface area contributed by atoms with Crippen molar-refractivity contribution in [1.29, 1.82) is 0 Å². The average molecular weight is 344 g/mol. The van der Waals surface area contributed by atoms with Crippen molar-refractivity contribution >= 4 is 17.8 Å². The molecule has 0 aliphatic carbocycles. The molecule has 9 nitrogen and oxygen atoms in total. The Morgan fingerprint density at radius 3 is 1.67 bits per heavy atom. The largest absolute Gasteiger partial charge is 0.480 e. The van der Waals surface area contributed by atoms with Gasteiger partial charge in [0.05, 0.1) is 19.1 Å². The summed E-state index contributed by atoms with van der Waals surface area (Å²) in [5.41, 5.74) is 5.52. The average Bonchev–Trinajstić information content (AvgIpc) is 2.56. The molecule has 1 fully saturated rings. The molecule has 0 aromatic heterocycles. The van der Waals surface area contributed by atoms with E-state index in [1.807, 2.05) is 11.8 Å². The molecule has 0 aromatic carbocycles. The van der Waals surface area contributed by atoms with Crippen molar-refractivity contribution in [2.24, 2.45) is 5.73 Å². The van der Waals surface area contributed by atoms with Crippen LogP contribution in [-0.2, 0) is 14.4 Å². The van der Waals surface area contributed by atoms with Crippen LogP contribution >= 0.6 is 0 Å². The number of amides is 1. The van der Waals surface area contributed by atoms with Crippen LogP contribution in [0.4, 0.5) is 0 Å². The van der Waals surface area contributed by atoms with Gasteiger partial charge in [-0.15, -0.1) is 0 Å². The minimum Gasteiger partial charge on any atom is -0.480 e. The molecule has 1 rings (SSSR count). The molecule has 1 aliphatic rings. The fraction of sp³-hybridized carbons (Fsp3) is 0.800. The highest BCUT2D eigenvalue weighted by Crippen LogP contribution is 2.09. The number of carbonyl (C=O) groups excluding carboxylic acids is 1. The minimum atomic E-state index is -0.925. The zero-order valence-corrected chi connectivity index (χ0v) is 14.2. The van der Waals surface area contributed by atoms with Crippen LogP contribution < -0.4 is 5.73 Å². The van der Waals surface area contributed by atoms with Crippen LogP contribution in [0, 0.1) is 0 Å². The SMILES string of the molecule is CCCC(C(N)=O)N1CCN(CC(=O)O)CCN(CC(=O)O)CC1. The van der Waals surface area contributed by atoms with Crippen LogP contribution in [0.2, 0.25) is 0 Å². The van der Waals surface area contributed by atoms with Crippen molar-refractivity contribution in [3.05, 3.63) is 0 Å². The van der Waals surface area contributed by atoms with Crippen LogP contribution in [-0.4, -0.2) is 101 Å². The molecular weight excluding hydrogens is 316 g/mol. The van der Waals surface area contributed by atoms with Crippen molar-refractivity contribution in [3.63, 3.8) is 0 Å². The van der Waals surface area contributed by atoms with Gasteiger partial charge >= 0.3 is 11.9 Å². The predicted molar refractivity (Wildman–Crippen MR) is 87.6 cm³/mol. The van der Waals surface area contributed by atoms with Crippen LogP contribution in [0.25, 0.3) is 0 Å². The van der Waals surface area contributed by atoms with Crippen molar-refractivity contribution in [1.82, 2.24) is 14.7 Å². The van der Waals surface area contributed by atoms with E-state index in [2.05, 4.69) is 0 Å². The number of rotatable bonds is 8. The lowest BCUT2D eigenvalue weighted by atomic mass is 10.1. The number of primary amides is 1. The maximum Gasteiger partial charge on any atom is 0.317 e. The topological polar surface area (TPSA) is 127 Å². The summed E-state index contributed by atoms with van der Waals surface area (Å²) in [6, 6.07) is -0.411. The minimum absolute atomic E-state index is 0.107. The molecule has 138 valence electrons. The molecule has 4 N–H and O–H groups in total. The Labute approximate surface area is 142 Å². The second-order valence-electron chi connectivity index (χ2n) is 6.08. The van der Waals surface area contributed by atoms with E-state index in [0.717, 1.165) is 6.42 Å². The third kappa shape index (κ3) is 7.24. The molecule has 0 radical (unpaired) electrons. The van der Waals surface area contributed by atoms with E-state index in [1.54, 1.807) is 9.80 Å². The van der Waals surface area contributed by atoms with Gasteiger partial charge in [-0.3, -0.25) is 29.1 Å². The van der Waals surface area contributed by atoms with Crippen LogP contribution in [0.3, 0.4) is 0 Å². The van der Waals surface area contributed by atoms with Gasteiger partial charge in [0.15, 0.2) is 0 Å². The van der Waals surface area contributed by atoms with Gasteiger partial charge in [-0.1, -0.05) is 13.3 Å². The quantitative estimate of drug-likeness (QED) is 0.497. The maximum absolute atomic E-state index is 11.8. The fourth-order valence-electron chi connectivity index (χ4n) is 2.95. The standard InChI is InChI=1S/C15H28N4O5/c1-2-3-12(15(16)24)19-8-6-17(10-13(20)21)4-5-18(7-9-19)11-14(22)23/h12H,2-11H2,1H3,(H2,16,24)(H,20,21)(H,22,23). The highest BCUT2D eigenvalue weighted by atomic mass is 16.4. The summed E-state index contributed by atoms with van der Waals surface area (Å²) >= 11 is 0. The number of carbonyl (C=O) groups is 3. The van der Waals surface area contributed by atoms with E-state index >= 15 is 0 Å². The van der Waals surface area contributed by atoms with Gasteiger partial charge < -0.3 is 15.9 Å². The van der Waals surface area contributed by atoms with Gasteiger partial charge in [0.2, 0.25) is 5.91 Å². The van der Waals surface area contributed by atoms with Gasteiger partial charge in [-0.05, 0) is 6.42 Å². The monoisotopic (exact) mass is 344 g/mol. The van der Waals surface area contributed by atoms with Crippen molar-refractivity contribution < 1.29 is 24.6 Å². The summed E-state index contributed by atoms with van der Waals surface area (Å²) < 4.78 is 0. The number of aliphatic carboxylic acids is 2. The first-order valence-electron chi connectivity index (χ1n) is 8.25. The first-order chi connectivity index (χ1) is 11.3. The highest BCUT2D eigenvalue weighted by molar-refractivity contribution is 5.79. The van der Waals surface area contributed by atoms with Crippen molar-refractivity contribution in [2.45, 2.75) is 25.8 Å². The number of nitrogens with zero attached hydrogens (tertiary/aromatic N) is 3. The predicted octanol–water partition coefficient (Wildman–Crippen LogP) is -1.27. The summed E-state index contributed by atoms with van der Waals surface area (Å²) in [7, 11) is 0. The lowest BCUT2D eigenvalue weighted by molar-refractivity contribution is -0.140. The molecule has 0 bridgehead atoms. The maximum atomic E-state index is 11.8. The van der Waals surface area contributed by atoms with Gasteiger partial charge in [-0.2, -0.15) is 0 Å². The third-order valence-corrected chi connectivity index (χ3v) is 4.19. The number of carboxylic acids is 2. The summed E-state index contributed by atoms with van der Waals surface area (Å²) in [6.45, 7) is 4.77. The molecular formula is C15H28N4O5. The third-order valence-electron chi connectivity index (χ3n) is 4.19. The molecule has 0 aromatic rings. The lowest BCUT2D eigenvalue weighted by Gasteiger charge is -2.31. The van der Waals surface area contributed by atoms with E-state index < -0.39 is 23.9 Å². The smallest absolute Gasteiger partial charge is 0.317 e. The number of hydrogen-bond donors (Lipinski definition) is 3. The normalized spacial score (nSPS) is 19.9.